The van der Waals surface area contributed by atoms with Gasteiger partial charge in [0.1, 0.15) is 0 Å². The summed E-state index contributed by atoms with van der Waals surface area (Å²) in [5.41, 5.74) is 0.470. The Balaban J connectivity index is 2.61. The summed E-state index contributed by atoms with van der Waals surface area (Å²) in [4.78, 5) is 4.35. The molecule has 0 aromatic rings. The number of hydrogen-bond acceptors (Lipinski definition) is 1. The summed E-state index contributed by atoms with van der Waals surface area (Å²) < 4.78 is 0. The maximum atomic E-state index is 4.35. The topological polar surface area (TPSA) is 12.4 Å². The van der Waals surface area contributed by atoms with Gasteiger partial charge in [0.15, 0.2) is 0 Å². The predicted molar refractivity (Wildman–Crippen MR) is 45.6 cm³/mol. The molecule has 0 unspecified atom stereocenters. The SMILES string of the molecule is CCC1(CC)C=NCCC1. The summed E-state index contributed by atoms with van der Waals surface area (Å²) in [6, 6.07) is 0. The molecule has 1 heterocycles. The van der Waals surface area contributed by atoms with Crippen LogP contribution in [0.4, 0.5) is 0 Å². The van der Waals surface area contributed by atoms with Gasteiger partial charge >= 0.3 is 0 Å². The molecule has 1 rings (SSSR count). The van der Waals surface area contributed by atoms with Crippen LogP contribution in [0, 0.1) is 5.41 Å². The van der Waals surface area contributed by atoms with Crippen LogP contribution in [0.2, 0.25) is 0 Å². The van der Waals surface area contributed by atoms with E-state index >= 15 is 0 Å². The minimum absolute atomic E-state index is 0.470. The van der Waals surface area contributed by atoms with Crippen molar-refractivity contribution >= 4 is 6.21 Å². The molecule has 10 heavy (non-hydrogen) atoms. The molecule has 1 aliphatic rings. The van der Waals surface area contributed by atoms with Crippen LogP contribution in [0.3, 0.4) is 0 Å². The normalized spacial score (nSPS) is 23.0. The fourth-order valence-corrected chi connectivity index (χ4v) is 1.63. The molecule has 0 spiro atoms. The molecule has 0 bridgehead atoms. The van der Waals surface area contributed by atoms with E-state index in [0.717, 1.165) is 6.54 Å². The number of nitrogens with zero attached hydrogens (tertiary/aromatic N) is 1. The molecule has 0 aliphatic carbocycles. The van der Waals surface area contributed by atoms with E-state index in [1.165, 1.54) is 25.7 Å². The molecular formula is C9H17N. The lowest BCUT2D eigenvalue weighted by molar-refractivity contribution is 0.345. The Kier molecular flexibility index (Phi) is 2.47. The highest BCUT2D eigenvalue weighted by Crippen LogP contribution is 2.31. The molecule has 1 aliphatic heterocycles. The first-order valence-electron chi connectivity index (χ1n) is 4.34. The first kappa shape index (κ1) is 7.77. The lowest BCUT2D eigenvalue weighted by Crippen LogP contribution is -2.24. The van der Waals surface area contributed by atoms with E-state index in [-0.39, 0.29) is 0 Å². The molecule has 0 atom stereocenters. The molecule has 1 heteroatoms. The van der Waals surface area contributed by atoms with Gasteiger partial charge in [-0.3, -0.25) is 4.99 Å². The van der Waals surface area contributed by atoms with Crippen LogP contribution >= 0.6 is 0 Å². The van der Waals surface area contributed by atoms with Crippen molar-refractivity contribution in [3.8, 4) is 0 Å². The van der Waals surface area contributed by atoms with Crippen molar-refractivity contribution in [3.63, 3.8) is 0 Å². The average Bonchev–Trinajstić information content (AvgIpc) is 2.06. The molecule has 0 aromatic heterocycles. The Hall–Kier alpha value is -0.330. The monoisotopic (exact) mass is 139 g/mol. The van der Waals surface area contributed by atoms with E-state index in [9.17, 15) is 0 Å². The van der Waals surface area contributed by atoms with Gasteiger partial charge in [-0.15, -0.1) is 0 Å². The maximum absolute atomic E-state index is 4.35. The maximum Gasteiger partial charge on any atom is 0.0385 e. The highest BCUT2D eigenvalue weighted by molar-refractivity contribution is 5.66. The van der Waals surface area contributed by atoms with Gasteiger partial charge in [-0.25, -0.2) is 0 Å². The molecule has 0 saturated carbocycles. The zero-order valence-corrected chi connectivity index (χ0v) is 7.06. The highest BCUT2D eigenvalue weighted by Gasteiger charge is 2.24. The Morgan fingerprint density at radius 1 is 1.40 bits per heavy atom. The van der Waals surface area contributed by atoms with Crippen molar-refractivity contribution < 1.29 is 0 Å². The van der Waals surface area contributed by atoms with Gasteiger partial charge in [-0.1, -0.05) is 13.8 Å². The van der Waals surface area contributed by atoms with Crippen molar-refractivity contribution in [2.75, 3.05) is 6.54 Å². The van der Waals surface area contributed by atoms with Gasteiger partial charge in [-0.05, 0) is 25.7 Å². The van der Waals surface area contributed by atoms with Crippen LogP contribution in [0.15, 0.2) is 4.99 Å². The molecular weight excluding hydrogens is 122 g/mol. The van der Waals surface area contributed by atoms with E-state index in [4.69, 9.17) is 0 Å². The second kappa shape index (κ2) is 3.18. The van der Waals surface area contributed by atoms with E-state index in [0.29, 0.717) is 5.41 Å². The Morgan fingerprint density at radius 3 is 2.40 bits per heavy atom. The number of hydrogen-bond donors (Lipinski definition) is 0. The predicted octanol–water partition coefficient (Wildman–Crippen LogP) is 2.66. The Morgan fingerprint density at radius 2 is 2.10 bits per heavy atom. The molecule has 0 fully saturated rings. The first-order valence-corrected chi connectivity index (χ1v) is 4.34. The van der Waals surface area contributed by atoms with Crippen LogP contribution < -0.4 is 0 Å². The second-order valence-corrected chi connectivity index (χ2v) is 3.21. The minimum atomic E-state index is 0.470. The molecule has 0 saturated heterocycles. The summed E-state index contributed by atoms with van der Waals surface area (Å²) in [5.74, 6) is 0. The molecule has 0 radical (unpaired) electrons. The van der Waals surface area contributed by atoms with Gasteiger partial charge in [0, 0.05) is 18.2 Å². The average molecular weight is 139 g/mol. The number of rotatable bonds is 2. The highest BCUT2D eigenvalue weighted by atomic mass is 14.7. The van der Waals surface area contributed by atoms with Gasteiger partial charge in [0.05, 0.1) is 0 Å². The molecule has 0 N–H and O–H groups in total. The molecule has 0 amide bonds. The lowest BCUT2D eigenvalue weighted by atomic mass is 9.78. The van der Waals surface area contributed by atoms with Crippen molar-refractivity contribution in [2.24, 2.45) is 10.4 Å². The summed E-state index contributed by atoms with van der Waals surface area (Å²) in [5, 5.41) is 0. The van der Waals surface area contributed by atoms with E-state index in [1.54, 1.807) is 0 Å². The van der Waals surface area contributed by atoms with Crippen molar-refractivity contribution in [3.05, 3.63) is 0 Å². The van der Waals surface area contributed by atoms with Gasteiger partial charge < -0.3 is 0 Å². The van der Waals surface area contributed by atoms with Crippen LogP contribution in [-0.2, 0) is 0 Å². The summed E-state index contributed by atoms with van der Waals surface area (Å²) in [6.07, 6.45) is 7.35. The zero-order chi connectivity index (χ0) is 7.45. The Bertz CT molecular complexity index is 123. The fraction of sp³-hybridized carbons (Fsp3) is 0.889. The Labute approximate surface area is 63.5 Å². The van der Waals surface area contributed by atoms with Gasteiger partial charge in [0.2, 0.25) is 0 Å². The van der Waals surface area contributed by atoms with Crippen LogP contribution in [-0.4, -0.2) is 12.8 Å². The third kappa shape index (κ3) is 1.39. The van der Waals surface area contributed by atoms with Crippen molar-refractivity contribution in [1.29, 1.82) is 0 Å². The van der Waals surface area contributed by atoms with Crippen molar-refractivity contribution in [2.45, 2.75) is 39.5 Å². The molecule has 58 valence electrons. The summed E-state index contributed by atoms with van der Waals surface area (Å²) >= 11 is 0. The van der Waals surface area contributed by atoms with Crippen LogP contribution in [0.25, 0.3) is 0 Å². The van der Waals surface area contributed by atoms with Crippen LogP contribution in [0.5, 0.6) is 0 Å². The summed E-state index contributed by atoms with van der Waals surface area (Å²) in [7, 11) is 0. The smallest absolute Gasteiger partial charge is 0.0385 e. The molecule has 0 aromatic carbocycles. The fourth-order valence-electron chi connectivity index (χ4n) is 1.63. The van der Waals surface area contributed by atoms with E-state index in [2.05, 4.69) is 25.1 Å². The lowest BCUT2D eigenvalue weighted by Gasteiger charge is -2.29. The van der Waals surface area contributed by atoms with Gasteiger partial charge in [0.25, 0.3) is 0 Å². The summed E-state index contributed by atoms with van der Waals surface area (Å²) in [6.45, 7) is 5.59. The first-order chi connectivity index (χ1) is 4.83. The van der Waals surface area contributed by atoms with Crippen molar-refractivity contribution in [1.82, 2.24) is 0 Å². The van der Waals surface area contributed by atoms with E-state index < -0.39 is 0 Å². The minimum Gasteiger partial charge on any atom is -0.297 e. The molecule has 1 nitrogen and oxygen atoms in total. The standard InChI is InChI=1S/C9H17N/c1-3-9(4-2)6-5-7-10-8-9/h8H,3-7H2,1-2H3. The third-order valence-electron chi connectivity index (χ3n) is 2.74. The van der Waals surface area contributed by atoms with Gasteiger partial charge in [-0.2, -0.15) is 0 Å². The largest absolute Gasteiger partial charge is 0.297 e. The third-order valence-corrected chi connectivity index (χ3v) is 2.74. The van der Waals surface area contributed by atoms with Crippen LogP contribution in [0.1, 0.15) is 39.5 Å². The number of aliphatic imine (C=N–C) groups is 1. The van der Waals surface area contributed by atoms with E-state index in [1.807, 2.05) is 0 Å². The zero-order valence-electron chi connectivity index (χ0n) is 7.06. The second-order valence-electron chi connectivity index (χ2n) is 3.21. The quantitative estimate of drug-likeness (QED) is 0.557.